The SMILES string of the molecule is Cc1cc(OCCCC(N)=S)ccc1F. The lowest BCUT2D eigenvalue weighted by atomic mass is 10.2. The molecule has 15 heavy (non-hydrogen) atoms. The molecule has 0 unspecified atom stereocenters. The molecular formula is C11H14FNOS. The van der Waals surface area contributed by atoms with Crippen molar-refractivity contribution in [3.05, 3.63) is 29.6 Å². The molecule has 4 heteroatoms. The van der Waals surface area contributed by atoms with Crippen LogP contribution in [0.1, 0.15) is 18.4 Å². The minimum absolute atomic E-state index is 0.217. The van der Waals surface area contributed by atoms with E-state index in [9.17, 15) is 4.39 Å². The zero-order valence-electron chi connectivity index (χ0n) is 8.63. The number of ether oxygens (including phenoxy) is 1. The first-order valence-electron chi connectivity index (χ1n) is 4.77. The molecule has 0 aliphatic carbocycles. The number of benzene rings is 1. The summed E-state index contributed by atoms with van der Waals surface area (Å²) in [5.74, 6) is 0.460. The van der Waals surface area contributed by atoms with Crippen LogP contribution in [0.25, 0.3) is 0 Å². The molecule has 0 spiro atoms. The van der Waals surface area contributed by atoms with Crippen LogP contribution in [0, 0.1) is 12.7 Å². The average Bonchev–Trinajstić information content (AvgIpc) is 2.18. The molecule has 1 aromatic carbocycles. The molecule has 82 valence electrons. The molecule has 0 bridgehead atoms. The fourth-order valence-corrected chi connectivity index (χ4v) is 1.29. The van der Waals surface area contributed by atoms with E-state index in [2.05, 4.69) is 0 Å². The van der Waals surface area contributed by atoms with Crippen LogP contribution in [0.3, 0.4) is 0 Å². The molecule has 0 amide bonds. The Labute approximate surface area is 94.2 Å². The molecule has 0 radical (unpaired) electrons. The third-order valence-corrected chi connectivity index (χ3v) is 2.17. The number of thiocarbonyl (C=S) groups is 1. The van der Waals surface area contributed by atoms with Crippen molar-refractivity contribution in [1.82, 2.24) is 0 Å². The van der Waals surface area contributed by atoms with Crippen molar-refractivity contribution in [1.29, 1.82) is 0 Å². The summed E-state index contributed by atoms with van der Waals surface area (Å²) in [7, 11) is 0. The molecule has 1 rings (SSSR count). The van der Waals surface area contributed by atoms with Gasteiger partial charge < -0.3 is 10.5 Å². The zero-order valence-corrected chi connectivity index (χ0v) is 9.44. The largest absolute Gasteiger partial charge is 0.494 e. The fraction of sp³-hybridized carbons (Fsp3) is 0.364. The third kappa shape index (κ3) is 4.25. The summed E-state index contributed by atoms with van der Waals surface area (Å²) < 4.78 is 18.3. The molecular weight excluding hydrogens is 213 g/mol. The quantitative estimate of drug-likeness (QED) is 0.620. The Morgan fingerprint density at radius 2 is 2.27 bits per heavy atom. The monoisotopic (exact) mass is 227 g/mol. The van der Waals surface area contributed by atoms with Crippen molar-refractivity contribution in [3.8, 4) is 5.75 Å². The van der Waals surface area contributed by atoms with Crippen molar-refractivity contribution in [2.75, 3.05) is 6.61 Å². The Balaban J connectivity index is 2.38. The Hall–Kier alpha value is -1.16. The molecule has 0 aliphatic rings. The highest BCUT2D eigenvalue weighted by Crippen LogP contribution is 2.16. The number of aryl methyl sites for hydroxylation is 1. The summed E-state index contributed by atoms with van der Waals surface area (Å²) in [6.07, 6.45) is 1.46. The van der Waals surface area contributed by atoms with E-state index in [4.69, 9.17) is 22.7 Å². The lowest BCUT2D eigenvalue weighted by Gasteiger charge is -2.06. The summed E-state index contributed by atoms with van der Waals surface area (Å²) in [5, 5.41) is 0. The second-order valence-electron chi connectivity index (χ2n) is 3.33. The van der Waals surface area contributed by atoms with Gasteiger partial charge in [-0.25, -0.2) is 4.39 Å². The Morgan fingerprint density at radius 1 is 1.53 bits per heavy atom. The van der Waals surface area contributed by atoms with Gasteiger partial charge in [-0.2, -0.15) is 0 Å². The molecule has 0 saturated heterocycles. The lowest BCUT2D eigenvalue weighted by Crippen LogP contribution is -2.09. The molecule has 0 aliphatic heterocycles. The van der Waals surface area contributed by atoms with E-state index in [0.717, 1.165) is 6.42 Å². The van der Waals surface area contributed by atoms with E-state index >= 15 is 0 Å². The van der Waals surface area contributed by atoms with Crippen LogP contribution in [-0.2, 0) is 0 Å². The maximum Gasteiger partial charge on any atom is 0.126 e. The number of rotatable bonds is 5. The minimum atomic E-state index is -0.217. The van der Waals surface area contributed by atoms with Gasteiger partial charge in [-0.15, -0.1) is 0 Å². The molecule has 2 nitrogen and oxygen atoms in total. The third-order valence-electron chi connectivity index (χ3n) is 1.97. The van der Waals surface area contributed by atoms with E-state index < -0.39 is 0 Å². The van der Waals surface area contributed by atoms with Crippen LogP contribution in [0.15, 0.2) is 18.2 Å². The van der Waals surface area contributed by atoms with Gasteiger partial charge in [-0.3, -0.25) is 0 Å². The molecule has 0 saturated carbocycles. The fourth-order valence-electron chi connectivity index (χ4n) is 1.14. The van der Waals surface area contributed by atoms with E-state index in [0.29, 0.717) is 29.3 Å². The first kappa shape index (κ1) is 11.9. The maximum atomic E-state index is 12.9. The van der Waals surface area contributed by atoms with Crippen LogP contribution in [-0.4, -0.2) is 11.6 Å². The molecule has 0 fully saturated rings. The molecule has 1 aromatic rings. The van der Waals surface area contributed by atoms with Crippen molar-refractivity contribution in [2.24, 2.45) is 5.73 Å². The van der Waals surface area contributed by atoms with Crippen molar-refractivity contribution in [3.63, 3.8) is 0 Å². The van der Waals surface area contributed by atoms with Gasteiger partial charge in [-0.05, 0) is 37.1 Å². The van der Waals surface area contributed by atoms with Crippen LogP contribution in [0.2, 0.25) is 0 Å². The summed E-state index contributed by atoms with van der Waals surface area (Å²) in [6, 6.07) is 4.69. The predicted octanol–water partition coefficient (Wildman–Crippen LogP) is 2.58. The Kier molecular flexibility index (Phi) is 4.49. The average molecular weight is 227 g/mol. The van der Waals surface area contributed by atoms with Gasteiger partial charge in [0.1, 0.15) is 11.6 Å². The number of hydrogen-bond acceptors (Lipinski definition) is 2. The van der Waals surface area contributed by atoms with Crippen LogP contribution >= 0.6 is 12.2 Å². The van der Waals surface area contributed by atoms with E-state index in [-0.39, 0.29) is 5.82 Å². The molecule has 2 N–H and O–H groups in total. The lowest BCUT2D eigenvalue weighted by molar-refractivity contribution is 0.313. The summed E-state index contributed by atoms with van der Waals surface area (Å²) in [6.45, 7) is 2.25. The Morgan fingerprint density at radius 3 is 2.87 bits per heavy atom. The van der Waals surface area contributed by atoms with Gasteiger partial charge in [0.25, 0.3) is 0 Å². The van der Waals surface area contributed by atoms with Gasteiger partial charge in [0, 0.05) is 6.42 Å². The van der Waals surface area contributed by atoms with E-state index in [1.807, 2.05) is 0 Å². The number of hydrogen-bond donors (Lipinski definition) is 1. The molecule has 0 heterocycles. The normalized spacial score (nSPS) is 10.0. The topological polar surface area (TPSA) is 35.2 Å². The Bertz CT molecular complexity index is 354. The molecule has 0 atom stereocenters. The van der Waals surface area contributed by atoms with Gasteiger partial charge in [0.05, 0.1) is 11.6 Å². The second kappa shape index (κ2) is 5.66. The van der Waals surface area contributed by atoms with E-state index in [1.54, 1.807) is 19.1 Å². The van der Waals surface area contributed by atoms with Crippen LogP contribution < -0.4 is 10.5 Å². The smallest absolute Gasteiger partial charge is 0.126 e. The predicted molar refractivity (Wildman–Crippen MR) is 62.7 cm³/mol. The van der Waals surface area contributed by atoms with Gasteiger partial charge in [0.15, 0.2) is 0 Å². The summed E-state index contributed by atoms with van der Waals surface area (Å²) in [5.41, 5.74) is 5.93. The van der Waals surface area contributed by atoms with Gasteiger partial charge >= 0.3 is 0 Å². The first-order valence-corrected chi connectivity index (χ1v) is 5.17. The van der Waals surface area contributed by atoms with Crippen LogP contribution in [0.5, 0.6) is 5.75 Å². The number of nitrogens with two attached hydrogens (primary N) is 1. The molecule has 0 aromatic heterocycles. The van der Waals surface area contributed by atoms with Gasteiger partial charge in [0.2, 0.25) is 0 Å². The summed E-state index contributed by atoms with van der Waals surface area (Å²) in [4.78, 5) is 0.494. The van der Waals surface area contributed by atoms with Crippen molar-refractivity contribution in [2.45, 2.75) is 19.8 Å². The van der Waals surface area contributed by atoms with Crippen LogP contribution in [0.4, 0.5) is 4.39 Å². The highest BCUT2D eigenvalue weighted by atomic mass is 32.1. The standard InChI is InChI=1S/C11H14FNOS/c1-8-7-9(4-5-10(8)12)14-6-2-3-11(13)15/h4-5,7H,2-3,6H2,1H3,(H2,13,15). The van der Waals surface area contributed by atoms with E-state index in [1.165, 1.54) is 6.07 Å². The highest BCUT2D eigenvalue weighted by molar-refractivity contribution is 7.80. The number of halogens is 1. The first-order chi connectivity index (χ1) is 7.09. The van der Waals surface area contributed by atoms with Crippen molar-refractivity contribution >= 4 is 17.2 Å². The van der Waals surface area contributed by atoms with Gasteiger partial charge in [-0.1, -0.05) is 12.2 Å². The minimum Gasteiger partial charge on any atom is -0.494 e. The van der Waals surface area contributed by atoms with Crippen molar-refractivity contribution < 1.29 is 9.13 Å². The second-order valence-corrected chi connectivity index (χ2v) is 3.85. The zero-order chi connectivity index (χ0) is 11.3. The highest BCUT2D eigenvalue weighted by Gasteiger charge is 1.99. The summed E-state index contributed by atoms with van der Waals surface area (Å²) >= 11 is 4.74. The maximum absolute atomic E-state index is 12.9.